The van der Waals surface area contributed by atoms with Crippen molar-refractivity contribution in [1.29, 1.82) is 0 Å². The first-order valence-corrected chi connectivity index (χ1v) is 38.0. The average molecular weight is 1330 g/mol. The Labute approximate surface area is 565 Å². The molecule has 8 aliphatic rings. The number of thiazole rings is 2. The van der Waals surface area contributed by atoms with Gasteiger partial charge >= 0.3 is 5.97 Å². The van der Waals surface area contributed by atoms with Crippen molar-refractivity contribution in [2.75, 3.05) is 11.4 Å². The molecule has 13 rings (SSSR count). The molecule has 0 aromatic carbocycles. The maximum atomic E-state index is 14.3. The summed E-state index contributed by atoms with van der Waals surface area (Å²) in [5, 5.41) is 10.9. The van der Waals surface area contributed by atoms with Crippen molar-refractivity contribution in [2.24, 2.45) is 34.5 Å². The van der Waals surface area contributed by atoms with Crippen LogP contribution in [0.3, 0.4) is 0 Å². The summed E-state index contributed by atoms with van der Waals surface area (Å²) in [7, 11) is 0. The molecule has 0 radical (unpaired) electrons. The van der Waals surface area contributed by atoms with E-state index < -0.39 is 12.5 Å². The Morgan fingerprint density at radius 3 is 1.62 bits per heavy atom. The van der Waals surface area contributed by atoms with Gasteiger partial charge in [-0.2, -0.15) is 0 Å². The fraction of sp³-hybridized carbons (Fsp3) is 0.566. The zero-order valence-corrected chi connectivity index (χ0v) is 59.2. The molecule has 1 amide bonds. The third-order valence-corrected chi connectivity index (χ3v) is 25.9. The number of aromatic nitrogens is 6. The maximum Gasteiger partial charge on any atom is 0.323 e. The number of carbonyl (C=O) groups excluding carboxylic acids is 1. The minimum Gasteiger partial charge on any atom is -0.480 e. The van der Waals surface area contributed by atoms with E-state index in [0.717, 1.165) is 115 Å². The average Bonchev–Trinajstić information content (AvgIpc) is 1.63. The molecular formula is C76H94N8O5S4. The molecule has 1 saturated heterocycles. The summed E-state index contributed by atoms with van der Waals surface area (Å²) in [6.07, 6.45) is 35.9. The number of amides is 1. The number of anilines is 1. The molecule has 3 N–H and O–H groups in total. The summed E-state index contributed by atoms with van der Waals surface area (Å²) in [5.74, 6) is 8.42. The number of hydrogen-bond donors (Lipinski definition) is 3. The lowest BCUT2D eigenvalue weighted by Crippen LogP contribution is -2.48. The minimum absolute atomic E-state index is 0.0698. The summed E-state index contributed by atoms with van der Waals surface area (Å²) in [6.45, 7) is 18.6. The lowest BCUT2D eigenvalue weighted by atomic mass is 9.69. The van der Waals surface area contributed by atoms with E-state index in [2.05, 4.69) is 117 Å². The summed E-state index contributed by atoms with van der Waals surface area (Å²) in [5.41, 5.74) is 13.5. The number of fused-ring (bicyclic) bond motifs is 8. The predicted molar refractivity (Wildman–Crippen MR) is 389 cm³/mol. The monoisotopic (exact) mass is 1330 g/mol. The van der Waals surface area contributed by atoms with E-state index in [1.54, 1.807) is 4.57 Å². The number of hydrogen-bond acceptors (Lipinski definition) is 11. The molecule has 13 nitrogen and oxygen atoms in total. The quantitative estimate of drug-likeness (QED) is 0.0888. The van der Waals surface area contributed by atoms with Crippen molar-refractivity contribution < 1.29 is 14.7 Å². The smallest absolute Gasteiger partial charge is 0.323 e. The van der Waals surface area contributed by atoms with Crippen LogP contribution in [0.5, 0.6) is 0 Å². The molecule has 3 aliphatic heterocycles. The Morgan fingerprint density at radius 2 is 1.14 bits per heavy atom. The van der Waals surface area contributed by atoms with Gasteiger partial charge in [0.15, 0.2) is 0 Å². The van der Waals surface area contributed by atoms with Crippen molar-refractivity contribution >= 4 is 126 Å². The zero-order valence-electron chi connectivity index (χ0n) is 55.9. The number of carbonyl (C=O) groups is 2. The number of aromatic amines is 2. The van der Waals surface area contributed by atoms with Crippen LogP contribution in [-0.2, 0) is 22.7 Å². The lowest BCUT2D eigenvalue weighted by Gasteiger charge is -2.48. The highest BCUT2D eigenvalue weighted by molar-refractivity contribution is 8.31. The van der Waals surface area contributed by atoms with Crippen LogP contribution in [0, 0.1) is 55.7 Å². The number of rotatable bonds is 10. The van der Waals surface area contributed by atoms with Gasteiger partial charge in [-0.3, -0.25) is 28.6 Å². The van der Waals surface area contributed by atoms with Crippen LogP contribution in [-0.4, -0.2) is 73.8 Å². The highest BCUT2D eigenvalue weighted by atomic mass is 32.2. The fourth-order valence-corrected chi connectivity index (χ4v) is 20.9. The molecule has 0 spiro atoms. The van der Waals surface area contributed by atoms with E-state index in [4.69, 9.17) is 22.2 Å². The van der Waals surface area contributed by atoms with E-state index in [9.17, 15) is 24.3 Å². The Balaban J connectivity index is 0.914. The second-order valence-corrected chi connectivity index (χ2v) is 33.7. The molecule has 5 aliphatic carbocycles. The summed E-state index contributed by atoms with van der Waals surface area (Å²) >= 11 is 8.67. The normalized spacial score (nSPS) is 24.6. The number of carboxylic acids is 1. The highest BCUT2D eigenvalue weighted by Gasteiger charge is 2.40. The van der Waals surface area contributed by atoms with E-state index in [0.29, 0.717) is 72.1 Å². The van der Waals surface area contributed by atoms with Gasteiger partial charge in [0, 0.05) is 53.3 Å². The molecule has 5 aromatic rings. The van der Waals surface area contributed by atoms with Crippen LogP contribution in [0.25, 0.3) is 57.5 Å². The van der Waals surface area contributed by atoms with Crippen LogP contribution >= 0.6 is 46.7 Å². The molecule has 17 heteroatoms. The number of carboxylic acid groups (broad SMARTS) is 1. The molecule has 0 unspecified atom stereocenters. The molecular weight excluding hydrogens is 1230 g/mol. The highest BCUT2D eigenvalue weighted by Crippen LogP contribution is 2.48. The van der Waals surface area contributed by atoms with Gasteiger partial charge in [-0.25, -0.2) is 9.97 Å². The topological polar surface area (TPSA) is 162 Å². The molecule has 5 saturated carbocycles. The molecule has 5 aromatic heterocycles. The predicted octanol–water partition coefficient (Wildman–Crippen LogP) is 16.2. The van der Waals surface area contributed by atoms with Crippen molar-refractivity contribution in [1.82, 2.24) is 34.0 Å². The second kappa shape index (κ2) is 27.2. The number of thioether (sulfide) groups is 1. The van der Waals surface area contributed by atoms with Crippen molar-refractivity contribution in [3.63, 3.8) is 0 Å². The number of aliphatic carboxylic acids is 1. The van der Waals surface area contributed by atoms with E-state index in [1.807, 2.05) is 19.9 Å². The first kappa shape index (κ1) is 65.6. The van der Waals surface area contributed by atoms with Crippen LogP contribution in [0.4, 0.5) is 5.69 Å². The third kappa shape index (κ3) is 13.4. The van der Waals surface area contributed by atoms with Gasteiger partial charge in [0.05, 0.1) is 49.6 Å². The summed E-state index contributed by atoms with van der Waals surface area (Å²) in [4.78, 5) is 77.8. The second-order valence-electron chi connectivity index (χ2n) is 30.0. The van der Waals surface area contributed by atoms with Gasteiger partial charge in [0.2, 0.25) is 0 Å². The van der Waals surface area contributed by atoms with Gasteiger partial charge in [0.1, 0.15) is 30.4 Å². The Bertz CT molecular complexity index is 4250. The van der Waals surface area contributed by atoms with E-state index in [-0.39, 0.29) is 32.2 Å². The standard InChI is InChI=1S/C76H94N8O5S4/c1-9-81-67(70-82(10-2)69(88)74(90)93-70)73(89)92-71(81)72-83(44-63(85)86)68(87)62(91-72)43-46-23-21-45(22-24-46)25-34-53-54-35-37-56(77-54)64(47-17-13-11-14-18-47)58-39-41-60(79-58)66(61-42-40-59(80-61)65(48-19-15-12-16-20-48)57-38-36-55(53)78-57)84(51-30-26-49(27-31-51)75(3,4)5)52-32-28-50(29-33-52)76(6,7)8/h35-43,45-52,79-80H,9-24,26-33,44H2,1-8H3,(H,85,86)/b54-53?,55-53?,62-43?,64-56?,64-58?,65-57?,65-59?,66-60?,66-61?,70-67+,72-71+. The molecule has 93 heavy (non-hydrogen) atoms. The molecule has 6 fully saturated rings. The Hall–Kier alpha value is -6.06. The third-order valence-electron chi connectivity index (χ3n) is 22.3. The van der Waals surface area contributed by atoms with Gasteiger partial charge in [-0.1, -0.05) is 133 Å². The summed E-state index contributed by atoms with van der Waals surface area (Å²) < 4.78 is 4.33. The number of nitrogens with one attached hydrogen (secondary N) is 2. The van der Waals surface area contributed by atoms with Crippen LogP contribution in [0.2, 0.25) is 0 Å². The molecule has 8 heterocycles. The van der Waals surface area contributed by atoms with Crippen molar-refractivity contribution in [3.8, 4) is 11.8 Å². The molecule has 0 atom stereocenters. The first-order chi connectivity index (χ1) is 44.7. The maximum absolute atomic E-state index is 14.3. The first-order valence-electron chi connectivity index (χ1n) is 35.2. The largest absolute Gasteiger partial charge is 0.480 e. The van der Waals surface area contributed by atoms with Gasteiger partial charge in [-0.05, 0) is 206 Å². The zero-order chi connectivity index (χ0) is 65.0. The fourth-order valence-electron chi connectivity index (χ4n) is 17.1. The number of H-pyrrole nitrogens is 2. The summed E-state index contributed by atoms with van der Waals surface area (Å²) in [6, 6.07) is 10.5. The molecule has 8 bridgehead atoms. The van der Waals surface area contributed by atoms with Crippen molar-refractivity contribution in [2.45, 2.75) is 234 Å². The van der Waals surface area contributed by atoms with Gasteiger partial charge in [-0.15, -0.1) is 11.3 Å². The van der Waals surface area contributed by atoms with Crippen LogP contribution in [0.1, 0.15) is 248 Å². The Morgan fingerprint density at radius 1 is 0.645 bits per heavy atom. The van der Waals surface area contributed by atoms with Crippen LogP contribution < -0.4 is 25.1 Å². The van der Waals surface area contributed by atoms with Crippen LogP contribution in [0.15, 0.2) is 33.9 Å². The van der Waals surface area contributed by atoms with Gasteiger partial charge < -0.3 is 24.5 Å². The van der Waals surface area contributed by atoms with Crippen molar-refractivity contribution in [3.05, 3.63) is 103 Å². The van der Waals surface area contributed by atoms with E-state index >= 15 is 0 Å². The molecule has 492 valence electrons. The SMILES string of the molecule is CCN1C(=O)C(=S)S/C1=c1\c(=O)s/c(=c2/sc(=CC3CCC(C#Cc4c5nc(c(C6CCCCC6)c6ccc([nH]6)c(N(C6CCC(C(C)(C)C)CC6)C6CCC(C(C)(C)C)CC6)c6ccc([nH]6)c(C6CCCCC6)c6nc4C=C6)C=C5)CC3)c(=O)n2CC(=O)O)n1CC. The minimum atomic E-state index is -1.15. The number of thiocarbonyl (C=S) groups is 1. The lowest BCUT2D eigenvalue weighted by molar-refractivity contribution is -0.137. The van der Waals surface area contributed by atoms with E-state index in [1.165, 1.54) is 150 Å². The Kier molecular flexibility index (Phi) is 19.2. The van der Waals surface area contributed by atoms with Gasteiger partial charge in [0.25, 0.3) is 16.2 Å². The number of nitrogens with zero attached hydrogens (tertiary/aromatic N) is 6.